The first-order valence-electron chi connectivity index (χ1n) is 10.4. The quantitative estimate of drug-likeness (QED) is 0.658. The maximum atomic E-state index is 14.3. The molecule has 162 valence electrons. The van der Waals surface area contributed by atoms with Gasteiger partial charge < -0.3 is 9.88 Å². The summed E-state index contributed by atoms with van der Waals surface area (Å²) >= 11 is 0. The Bertz CT molecular complexity index is 1160. The Morgan fingerprint density at radius 1 is 1.19 bits per heavy atom. The second-order valence-electron chi connectivity index (χ2n) is 8.02. The van der Waals surface area contributed by atoms with Gasteiger partial charge in [0.25, 0.3) is 0 Å². The topological polar surface area (TPSA) is 57.8 Å². The summed E-state index contributed by atoms with van der Waals surface area (Å²) in [5, 5.41) is 9.60. The highest BCUT2D eigenvalue weighted by Gasteiger charge is 2.18. The van der Waals surface area contributed by atoms with Gasteiger partial charge in [0.1, 0.15) is 11.2 Å². The highest BCUT2D eigenvalue weighted by molar-refractivity contribution is 5.78. The fourth-order valence-corrected chi connectivity index (χ4v) is 3.67. The monoisotopic (exact) mass is 424 g/mol. The van der Waals surface area contributed by atoms with Gasteiger partial charge >= 0.3 is 0 Å². The first-order chi connectivity index (χ1) is 14.9. The molecule has 1 atom stereocenters. The minimum Gasteiger partial charge on any atom is -0.323 e. The number of halogens is 2. The molecule has 0 spiro atoms. The van der Waals surface area contributed by atoms with Crippen LogP contribution in [0.5, 0.6) is 0 Å². The number of nitrogens with one attached hydrogen (secondary N) is 1. The molecular weight excluding hydrogens is 398 g/mol. The Labute approximate surface area is 179 Å². The van der Waals surface area contributed by atoms with Crippen LogP contribution < -0.4 is 10.8 Å². The van der Waals surface area contributed by atoms with E-state index >= 15 is 0 Å². The van der Waals surface area contributed by atoms with Gasteiger partial charge in [0.2, 0.25) is 0 Å². The molecule has 1 unspecified atom stereocenters. The zero-order chi connectivity index (χ0) is 22.0. The number of likely N-dealkylation sites (N-methyl/N-ethyl adjacent to an activating group) is 1. The zero-order valence-electron chi connectivity index (χ0n) is 17.9. The molecular formula is C23H26F2N6. The van der Waals surface area contributed by atoms with Gasteiger partial charge in [-0.05, 0) is 35.9 Å². The fourth-order valence-electron chi connectivity index (χ4n) is 3.67. The van der Waals surface area contributed by atoms with Crippen LogP contribution in [0.2, 0.25) is 0 Å². The normalized spacial score (nSPS) is 16.8. The van der Waals surface area contributed by atoms with Crippen molar-refractivity contribution in [3.05, 3.63) is 65.3 Å². The molecule has 0 amide bonds. The van der Waals surface area contributed by atoms with Crippen molar-refractivity contribution in [2.45, 2.75) is 32.4 Å². The smallest absolute Gasteiger partial charge is 0.151 e. The molecule has 3 aromatic rings. The molecule has 3 heterocycles. The SMILES string of the molecule is CC(C)NCCn1c(=Nc2c(F)cccc2F)ccc2ncc(C3C=NN(C)C3)cc21. The van der Waals surface area contributed by atoms with Crippen molar-refractivity contribution in [3.8, 4) is 0 Å². The number of hydrogen-bond donors (Lipinski definition) is 1. The summed E-state index contributed by atoms with van der Waals surface area (Å²) < 4.78 is 30.5. The van der Waals surface area contributed by atoms with Crippen LogP contribution in [0, 0.1) is 11.6 Å². The Balaban J connectivity index is 1.86. The van der Waals surface area contributed by atoms with E-state index in [9.17, 15) is 8.78 Å². The first-order valence-corrected chi connectivity index (χ1v) is 10.4. The third-order valence-electron chi connectivity index (χ3n) is 5.26. The number of fused-ring (bicyclic) bond motifs is 1. The zero-order valence-corrected chi connectivity index (χ0v) is 17.9. The van der Waals surface area contributed by atoms with Crippen molar-refractivity contribution in [1.82, 2.24) is 19.9 Å². The molecule has 0 saturated heterocycles. The van der Waals surface area contributed by atoms with Gasteiger partial charge in [-0.1, -0.05) is 19.9 Å². The molecule has 4 rings (SSSR count). The molecule has 1 aliphatic heterocycles. The largest absolute Gasteiger partial charge is 0.323 e. The Kier molecular flexibility index (Phi) is 6.08. The minimum absolute atomic E-state index is 0.147. The van der Waals surface area contributed by atoms with Gasteiger partial charge in [0, 0.05) is 51.1 Å². The fraction of sp³-hybridized carbons (Fsp3) is 0.348. The Morgan fingerprint density at radius 2 is 1.97 bits per heavy atom. The van der Waals surface area contributed by atoms with E-state index in [1.807, 2.05) is 35.1 Å². The molecule has 0 bridgehead atoms. The average molecular weight is 424 g/mol. The third kappa shape index (κ3) is 4.64. The second-order valence-corrected chi connectivity index (χ2v) is 8.02. The lowest BCUT2D eigenvalue weighted by molar-refractivity contribution is 0.381. The molecule has 0 radical (unpaired) electrons. The molecule has 8 heteroatoms. The van der Waals surface area contributed by atoms with Gasteiger partial charge in [0.05, 0.1) is 11.0 Å². The van der Waals surface area contributed by atoms with E-state index in [1.54, 1.807) is 6.07 Å². The number of nitrogens with zero attached hydrogens (tertiary/aromatic N) is 5. The first kappa shape index (κ1) is 21.1. The predicted octanol–water partition coefficient (Wildman–Crippen LogP) is 3.56. The molecule has 31 heavy (non-hydrogen) atoms. The second kappa shape index (κ2) is 8.93. The number of pyridine rings is 2. The van der Waals surface area contributed by atoms with Gasteiger partial charge in [-0.15, -0.1) is 0 Å². The summed E-state index contributed by atoms with van der Waals surface area (Å²) in [7, 11) is 1.93. The van der Waals surface area contributed by atoms with Crippen LogP contribution in [0.4, 0.5) is 14.5 Å². The van der Waals surface area contributed by atoms with Crippen LogP contribution in [-0.2, 0) is 6.54 Å². The summed E-state index contributed by atoms with van der Waals surface area (Å²) in [5.41, 5.74) is 2.88. The van der Waals surface area contributed by atoms with E-state index in [0.717, 1.165) is 23.1 Å². The maximum absolute atomic E-state index is 14.3. The number of para-hydroxylation sites is 1. The van der Waals surface area contributed by atoms with Crippen molar-refractivity contribution in [1.29, 1.82) is 0 Å². The molecule has 1 aromatic carbocycles. The van der Waals surface area contributed by atoms with Crippen LogP contribution >= 0.6 is 0 Å². The van der Waals surface area contributed by atoms with E-state index in [-0.39, 0.29) is 11.6 Å². The Morgan fingerprint density at radius 3 is 2.65 bits per heavy atom. The van der Waals surface area contributed by atoms with E-state index in [0.29, 0.717) is 24.6 Å². The highest BCUT2D eigenvalue weighted by Crippen LogP contribution is 2.23. The van der Waals surface area contributed by atoms with Gasteiger partial charge in [-0.25, -0.2) is 13.8 Å². The van der Waals surface area contributed by atoms with Gasteiger partial charge in [0.15, 0.2) is 11.6 Å². The highest BCUT2D eigenvalue weighted by atomic mass is 19.1. The lowest BCUT2D eigenvalue weighted by Crippen LogP contribution is -2.31. The predicted molar refractivity (Wildman–Crippen MR) is 118 cm³/mol. The molecule has 2 aromatic heterocycles. The number of aromatic nitrogens is 2. The van der Waals surface area contributed by atoms with Crippen LogP contribution in [-0.4, -0.2) is 47.0 Å². The third-order valence-corrected chi connectivity index (χ3v) is 5.26. The number of hydrogen-bond acceptors (Lipinski definition) is 5. The van der Waals surface area contributed by atoms with Gasteiger partial charge in [-0.2, -0.15) is 5.10 Å². The molecule has 1 aliphatic rings. The molecule has 0 fully saturated rings. The number of rotatable bonds is 6. The lowest BCUT2D eigenvalue weighted by Gasteiger charge is -2.16. The van der Waals surface area contributed by atoms with Crippen molar-refractivity contribution >= 4 is 22.9 Å². The summed E-state index contributed by atoms with van der Waals surface area (Å²) in [6, 6.07) is 9.73. The van der Waals surface area contributed by atoms with E-state index in [4.69, 9.17) is 0 Å². The van der Waals surface area contributed by atoms with Crippen molar-refractivity contribution in [3.63, 3.8) is 0 Å². The maximum Gasteiger partial charge on any atom is 0.151 e. The number of benzene rings is 1. The molecule has 1 N–H and O–H groups in total. The number of hydrazone groups is 1. The standard InChI is InChI=1S/C23H26F2N6/c1-15(2)26-9-10-31-21-11-16(17-13-28-30(3)14-17)12-27-20(21)7-8-22(31)29-23-18(24)5-4-6-19(23)25/h4-8,11-13,15,17,26H,9-10,14H2,1-3H3. The lowest BCUT2D eigenvalue weighted by atomic mass is 10.0. The van der Waals surface area contributed by atoms with Crippen molar-refractivity contribution in [2.75, 3.05) is 20.1 Å². The Hall–Kier alpha value is -3.13. The van der Waals surface area contributed by atoms with E-state index < -0.39 is 11.6 Å². The summed E-state index contributed by atoms with van der Waals surface area (Å²) in [4.78, 5) is 8.98. The van der Waals surface area contributed by atoms with E-state index in [1.165, 1.54) is 18.2 Å². The summed E-state index contributed by atoms with van der Waals surface area (Å²) in [5.74, 6) is -1.23. The summed E-state index contributed by atoms with van der Waals surface area (Å²) in [6.07, 6.45) is 3.78. The molecule has 6 nitrogen and oxygen atoms in total. The van der Waals surface area contributed by atoms with Gasteiger partial charge in [-0.3, -0.25) is 9.99 Å². The van der Waals surface area contributed by atoms with E-state index in [2.05, 4.69) is 40.3 Å². The minimum atomic E-state index is -0.691. The van der Waals surface area contributed by atoms with Crippen molar-refractivity contribution < 1.29 is 8.78 Å². The average Bonchev–Trinajstić information content (AvgIpc) is 3.17. The van der Waals surface area contributed by atoms with Crippen LogP contribution in [0.15, 0.2) is 52.7 Å². The summed E-state index contributed by atoms with van der Waals surface area (Å²) in [6.45, 7) is 6.19. The molecule has 0 aliphatic carbocycles. The van der Waals surface area contributed by atoms with Crippen molar-refractivity contribution in [2.24, 2.45) is 10.1 Å². The molecule has 0 saturated carbocycles. The van der Waals surface area contributed by atoms with Crippen LogP contribution in [0.1, 0.15) is 25.3 Å². The van der Waals surface area contributed by atoms with Crippen LogP contribution in [0.3, 0.4) is 0 Å². The van der Waals surface area contributed by atoms with Crippen LogP contribution in [0.25, 0.3) is 11.0 Å².